The fourth-order valence-corrected chi connectivity index (χ4v) is 3.03. The average molecular weight is 382 g/mol. The number of carbonyl (C=O) groups excluding carboxylic acids is 2. The molecule has 1 fully saturated rings. The summed E-state index contributed by atoms with van der Waals surface area (Å²) in [6.45, 7) is 6.80. The summed E-state index contributed by atoms with van der Waals surface area (Å²) >= 11 is 0. The third-order valence-electron chi connectivity index (χ3n) is 4.52. The van der Waals surface area contributed by atoms with Gasteiger partial charge in [0.2, 0.25) is 0 Å². The molecule has 0 unspecified atom stereocenters. The molecule has 0 atom stereocenters. The van der Waals surface area contributed by atoms with Crippen molar-refractivity contribution in [2.75, 3.05) is 19.6 Å². The molecule has 1 heterocycles. The van der Waals surface area contributed by atoms with Crippen molar-refractivity contribution in [3.05, 3.63) is 35.5 Å². The molecule has 3 rings (SSSR count). The normalized spacial score (nSPS) is 13.8. The second-order valence-electron chi connectivity index (χ2n) is 8.19. The summed E-state index contributed by atoms with van der Waals surface area (Å²) in [6, 6.07) is 9.32. The van der Waals surface area contributed by atoms with Gasteiger partial charge in [-0.2, -0.15) is 5.26 Å². The number of H-pyrrole nitrogens is 1. The van der Waals surface area contributed by atoms with Crippen LogP contribution in [0.3, 0.4) is 0 Å². The van der Waals surface area contributed by atoms with E-state index in [9.17, 15) is 14.9 Å². The lowest BCUT2D eigenvalue weighted by molar-refractivity contribution is 0.0512. The molecule has 0 spiro atoms. The predicted molar refractivity (Wildman–Crippen MR) is 106 cm³/mol. The molecular formula is C21H26N4O3. The van der Waals surface area contributed by atoms with Crippen LogP contribution in [-0.2, 0) is 4.74 Å². The number of nitrogens with zero attached hydrogens (tertiary/aromatic N) is 2. The van der Waals surface area contributed by atoms with E-state index in [4.69, 9.17) is 4.74 Å². The Morgan fingerprint density at radius 3 is 2.75 bits per heavy atom. The number of alkyl carbamates (subject to hydrolysis) is 1. The Balaban J connectivity index is 1.68. The fourth-order valence-electron chi connectivity index (χ4n) is 3.03. The Bertz CT molecular complexity index is 916. The van der Waals surface area contributed by atoms with Crippen molar-refractivity contribution in [3.63, 3.8) is 0 Å². The van der Waals surface area contributed by atoms with Crippen molar-refractivity contribution in [1.29, 1.82) is 5.26 Å². The lowest BCUT2D eigenvalue weighted by Crippen LogP contribution is -2.41. The van der Waals surface area contributed by atoms with Crippen LogP contribution in [0.15, 0.2) is 24.3 Å². The molecule has 148 valence electrons. The van der Waals surface area contributed by atoms with Crippen LogP contribution in [0.25, 0.3) is 10.9 Å². The van der Waals surface area contributed by atoms with Gasteiger partial charge in [-0.1, -0.05) is 12.1 Å². The fraction of sp³-hybridized carbons (Fsp3) is 0.476. The van der Waals surface area contributed by atoms with Gasteiger partial charge in [-0.05, 0) is 51.7 Å². The molecule has 1 saturated carbocycles. The lowest BCUT2D eigenvalue weighted by atomic mass is 10.1. The molecule has 7 heteroatoms. The molecule has 0 radical (unpaired) electrons. The first-order valence-corrected chi connectivity index (χ1v) is 9.55. The maximum atomic E-state index is 13.0. The van der Waals surface area contributed by atoms with Crippen LogP contribution in [0.5, 0.6) is 0 Å². The average Bonchev–Trinajstić information content (AvgIpc) is 3.33. The summed E-state index contributed by atoms with van der Waals surface area (Å²) in [5.74, 6) is 0.391. The van der Waals surface area contributed by atoms with Crippen LogP contribution in [0, 0.1) is 17.2 Å². The first-order chi connectivity index (χ1) is 13.3. The van der Waals surface area contributed by atoms with Gasteiger partial charge in [-0.15, -0.1) is 0 Å². The Kier molecular flexibility index (Phi) is 5.59. The van der Waals surface area contributed by atoms with Crippen LogP contribution < -0.4 is 5.32 Å². The standard InChI is InChI=1S/C21H26N4O3/c1-21(2,3)28-20(27)23-9-10-25(13-14-7-8-14)19(26)17-11-15-5-4-6-16(12-22)18(15)24-17/h4-6,11,14,24H,7-10,13H2,1-3H3,(H,23,27). The van der Waals surface area contributed by atoms with Gasteiger partial charge in [-0.3, -0.25) is 4.79 Å². The number of aromatic nitrogens is 1. The largest absolute Gasteiger partial charge is 0.444 e. The number of benzene rings is 1. The number of nitriles is 1. The zero-order valence-corrected chi connectivity index (χ0v) is 16.5. The SMILES string of the molecule is CC(C)(C)OC(=O)NCCN(CC1CC1)C(=O)c1cc2cccc(C#N)c2[nH]1. The molecule has 28 heavy (non-hydrogen) atoms. The van der Waals surface area contributed by atoms with E-state index in [2.05, 4.69) is 16.4 Å². The number of fused-ring (bicyclic) bond motifs is 1. The van der Waals surface area contributed by atoms with E-state index in [1.54, 1.807) is 43.9 Å². The molecule has 2 amide bonds. The molecule has 1 aliphatic carbocycles. The Hall–Kier alpha value is -3.01. The van der Waals surface area contributed by atoms with Crippen LogP contribution in [0.4, 0.5) is 4.79 Å². The molecular weight excluding hydrogens is 356 g/mol. The number of rotatable bonds is 6. The van der Waals surface area contributed by atoms with E-state index in [-0.39, 0.29) is 5.91 Å². The highest BCUT2D eigenvalue weighted by molar-refractivity contribution is 5.99. The topological polar surface area (TPSA) is 98.2 Å². The van der Waals surface area contributed by atoms with Crippen molar-refractivity contribution >= 4 is 22.9 Å². The van der Waals surface area contributed by atoms with Crippen LogP contribution >= 0.6 is 0 Å². The van der Waals surface area contributed by atoms with Gasteiger partial charge in [0.1, 0.15) is 17.4 Å². The number of hydrogen-bond donors (Lipinski definition) is 2. The molecule has 7 nitrogen and oxygen atoms in total. The van der Waals surface area contributed by atoms with Gasteiger partial charge in [0.05, 0.1) is 11.1 Å². The van der Waals surface area contributed by atoms with Crippen molar-refractivity contribution in [2.24, 2.45) is 5.92 Å². The minimum Gasteiger partial charge on any atom is -0.444 e. The maximum Gasteiger partial charge on any atom is 0.407 e. The highest BCUT2D eigenvalue weighted by atomic mass is 16.6. The third-order valence-corrected chi connectivity index (χ3v) is 4.52. The summed E-state index contributed by atoms with van der Waals surface area (Å²) in [7, 11) is 0. The zero-order chi connectivity index (χ0) is 20.3. The highest BCUT2D eigenvalue weighted by Gasteiger charge is 2.28. The number of aromatic amines is 1. The molecule has 2 aromatic rings. The van der Waals surface area contributed by atoms with Crippen molar-refractivity contribution in [2.45, 2.75) is 39.2 Å². The molecule has 1 aromatic carbocycles. The first-order valence-electron chi connectivity index (χ1n) is 9.55. The number of carbonyl (C=O) groups is 2. The molecule has 0 aliphatic heterocycles. The maximum absolute atomic E-state index is 13.0. The lowest BCUT2D eigenvalue weighted by Gasteiger charge is -2.23. The highest BCUT2D eigenvalue weighted by Crippen LogP contribution is 2.30. The number of ether oxygens (including phenoxy) is 1. The summed E-state index contributed by atoms with van der Waals surface area (Å²) in [6.07, 6.45) is 1.75. The van der Waals surface area contributed by atoms with E-state index in [0.717, 1.165) is 18.2 Å². The molecule has 0 bridgehead atoms. The Labute approximate surface area is 164 Å². The second-order valence-corrected chi connectivity index (χ2v) is 8.19. The number of hydrogen-bond acceptors (Lipinski definition) is 4. The molecule has 1 aromatic heterocycles. The number of amides is 2. The van der Waals surface area contributed by atoms with E-state index in [1.807, 2.05) is 6.07 Å². The van der Waals surface area contributed by atoms with Crippen molar-refractivity contribution in [3.8, 4) is 6.07 Å². The van der Waals surface area contributed by atoms with E-state index >= 15 is 0 Å². The van der Waals surface area contributed by atoms with Gasteiger partial charge in [0.15, 0.2) is 0 Å². The van der Waals surface area contributed by atoms with E-state index < -0.39 is 11.7 Å². The van der Waals surface area contributed by atoms with Gasteiger partial charge >= 0.3 is 6.09 Å². The smallest absolute Gasteiger partial charge is 0.407 e. The van der Waals surface area contributed by atoms with E-state index in [0.29, 0.717) is 42.3 Å². The summed E-state index contributed by atoms with van der Waals surface area (Å²) in [5, 5.41) is 12.8. The van der Waals surface area contributed by atoms with Gasteiger partial charge in [0.25, 0.3) is 5.91 Å². The van der Waals surface area contributed by atoms with Crippen LogP contribution in [0.1, 0.15) is 49.7 Å². The second kappa shape index (κ2) is 7.93. The number of nitrogens with one attached hydrogen (secondary N) is 2. The zero-order valence-electron chi connectivity index (χ0n) is 16.5. The van der Waals surface area contributed by atoms with E-state index in [1.165, 1.54) is 0 Å². The monoisotopic (exact) mass is 382 g/mol. The third kappa shape index (κ3) is 5.03. The molecule has 0 saturated heterocycles. The summed E-state index contributed by atoms with van der Waals surface area (Å²) in [4.78, 5) is 29.7. The summed E-state index contributed by atoms with van der Waals surface area (Å²) < 4.78 is 5.23. The van der Waals surface area contributed by atoms with Crippen LogP contribution in [0.2, 0.25) is 0 Å². The number of para-hydroxylation sites is 1. The predicted octanol–water partition coefficient (Wildman–Crippen LogP) is 3.42. The van der Waals surface area contributed by atoms with Gasteiger partial charge in [0, 0.05) is 25.0 Å². The molecule has 2 N–H and O–H groups in total. The molecule has 1 aliphatic rings. The van der Waals surface area contributed by atoms with Crippen LogP contribution in [-0.4, -0.2) is 47.1 Å². The Morgan fingerprint density at radius 1 is 1.36 bits per heavy atom. The van der Waals surface area contributed by atoms with Crippen molar-refractivity contribution in [1.82, 2.24) is 15.2 Å². The first kappa shape index (κ1) is 19.7. The summed E-state index contributed by atoms with van der Waals surface area (Å²) in [5.41, 5.74) is 1.08. The minimum atomic E-state index is -0.559. The van der Waals surface area contributed by atoms with Gasteiger partial charge in [-0.25, -0.2) is 4.79 Å². The quantitative estimate of drug-likeness (QED) is 0.800. The minimum absolute atomic E-state index is 0.127. The van der Waals surface area contributed by atoms with Gasteiger partial charge < -0.3 is 19.9 Å². The Morgan fingerprint density at radius 2 is 2.11 bits per heavy atom. The van der Waals surface area contributed by atoms with Crippen molar-refractivity contribution < 1.29 is 14.3 Å².